The van der Waals surface area contributed by atoms with Crippen LogP contribution in [0.15, 0.2) is 78.9 Å². The zero-order valence-corrected chi connectivity index (χ0v) is 15.3. The number of para-hydroxylation sites is 2. The molecule has 4 nitrogen and oxygen atoms in total. The summed E-state index contributed by atoms with van der Waals surface area (Å²) in [5.74, 6) is 0.637. The van der Waals surface area contributed by atoms with Gasteiger partial charge in [0.1, 0.15) is 11.9 Å². The molecule has 1 unspecified atom stereocenters. The first-order valence-corrected chi connectivity index (χ1v) is 9.10. The van der Waals surface area contributed by atoms with Gasteiger partial charge < -0.3 is 10.3 Å². The Bertz CT molecular complexity index is 1020. The van der Waals surface area contributed by atoms with Gasteiger partial charge in [-0.2, -0.15) is 0 Å². The Morgan fingerprint density at radius 1 is 0.963 bits per heavy atom. The van der Waals surface area contributed by atoms with Crippen LogP contribution in [0.25, 0.3) is 11.0 Å². The lowest BCUT2D eigenvalue weighted by Gasteiger charge is -2.17. The minimum Gasteiger partial charge on any atom is -0.342 e. The molecule has 134 valence electrons. The number of hydrogen-bond acceptors (Lipinski definition) is 2. The first-order valence-electron chi connectivity index (χ1n) is 8.72. The highest BCUT2D eigenvalue weighted by Gasteiger charge is 2.20. The molecule has 2 N–H and O–H groups in total. The minimum absolute atomic E-state index is 0.0772. The number of carbonyl (C=O) groups is 1. The van der Waals surface area contributed by atoms with Crippen molar-refractivity contribution in [2.24, 2.45) is 0 Å². The zero-order chi connectivity index (χ0) is 18.6. The van der Waals surface area contributed by atoms with Gasteiger partial charge in [-0.25, -0.2) is 4.98 Å². The quantitative estimate of drug-likeness (QED) is 0.532. The molecule has 0 aliphatic rings. The van der Waals surface area contributed by atoms with Crippen LogP contribution in [0.1, 0.15) is 23.0 Å². The zero-order valence-electron chi connectivity index (χ0n) is 14.5. The first kappa shape index (κ1) is 17.3. The summed E-state index contributed by atoms with van der Waals surface area (Å²) < 4.78 is 0. The molecule has 4 aromatic rings. The van der Waals surface area contributed by atoms with E-state index >= 15 is 0 Å². The second-order valence-electron chi connectivity index (χ2n) is 6.35. The second-order valence-corrected chi connectivity index (χ2v) is 6.79. The third-order valence-corrected chi connectivity index (χ3v) is 4.65. The molecule has 4 rings (SSSR count). The maximum Gasteiger partial charge on any atom is 0.225 e. The van der Waals surface area contributed by atoms with Gasteiger partial charge >= 0.3 is 0 Å². The normalized spacial score (nSPS) is 12.0. The van der Waals surface area contributed by atoms with E-state index in [0.717, 1.165) is 22.2 Å². The molecule has 1 aromatic heterocycles. The highest BCUT2D eigenvalue weighted by molar-refractivity contribution is 6.30. The Kier molecular flexibility index (Phi) is 4.90. The number of fused-ring (bicyclic) bond motifs is 1. The fourth-order valence-electron chi connectivity index (χ4n) is 3.06. The fraction of sp³-hybridized carbons (Fsp3) is 0.0909. The third kappa shape index (κ3) is 4.01. The van der Waals surface area contributed by atoms with Gasteiger partial charge in [-0.15, -0.1) is 0 Å². The molecule has 27 heavy (non-hydrogen) atoms. The highest BCUT2D eigenvalue weighted by atomic mass is 35.5. The molecule has 3 aromatic carbocycles. The summed E-state index contributed by atoms with van der Waals surface area (Å²) in [4.78, 5) is 20.7. The summed E-state index contributed by atoms with van der Waals surface area (Å²) in [6, 6.07) is 24.6. The van der Waals surface area contributed by atoms with Crippen LogP contribution < -0.4 is 5.32 Å². The number of nitrogens with one attached hydrogen (secondary N) is 2. The Morgan fingerprint density at radius 3 is 2.41 bits per heavy atom. The van der Waals surface area contributed by atoms with Crippen LogP contribution in [-0.4, -0.2) is 15.9 Å². The number of halogens is 1. The molecule has 1 heterocycles. The number of aromatic nitrogens is 2. The summed E-state index contributed by atoms with van der Waals surface area (Å²) in [6.07, 6.45) is 0.279. The van der Waals surface area contributed by atoms with E-state index in [2.05, 4.69) is 15.3 Å². The van der Waals surface area contributed by atoms with Crippen LogP contribution in [0, 0.1) is 0 Å². The van der Waals surface area contributed by atoms with Crippen molar-refractivity contribution in [3.05, 3.63) is 101 Å². The molecule has 0 bridgehead atoms. The van der Waals surface area contributed by atoms with Gasteiger partial charge in [0.25, 0.3) is 0 Å². The largest absolute Gasteiger partial charge is 0.342 e. The molecule has 0 aliphatic heterocycles. The molecule has 0 aliphatic carbocycles. The van der Waals surface area contributed by atoms with Crippen LogP contribution in [0.4, 0.5) is 0 Å². The van der Waals surface area contributed by atoms with Gasteiger partial charge in [-0.3, -0.25) is 4.79 Å². The Balaban J connectivity index is 1.62. The molecule has 0 radical (unpaired) electrons. The van der Waals surface area contributed by atoms with Gasteiger partial charge in [0.05, 0.1) is 17.5 Å². The van der Waals surface area contributed by atoms with Crippen LogP contribution >= 0.6 is 11.6 Å². The average Bonchev–Trinajstić information content (AvgIpc) is 3.12. The Morgan fingerprint density at radius 2 is 1.67 bits per heavy atom. The van der Waals surface area contributed by atoms with Gasteiger partial charge in [-0.1, -0.05) is 66.2 Å². The third-order valence-electron chi connectivity index (χ3n) is 4.40. The number of carbonyl (C=O) groups excluding carboxylic acids is 1. The summed E-state index contributed by atoms with van der Waals surface area (Å²) in [5, 5.41) is 3.76. The lowest BCUT2D eigenvalue weighted by Crippen LogP contribution is -2.31. The number of H-pyrrole nitrogens is 1. The van der Waals surface area contributed by atoms with E-state index < -0.39 is 0 Å². The van der Waals surface area contributed by atoms with Crippen LogP contribution in [0.3, 0.4) is 0 Å². The van der Waals surface area contributed by atoms with Crippen LogP contribution in [0.2, 0.25) is 5.02 Å². The van der Waals surface area contributed by atoms with Crippen molar-refractivity contribution < 1.29 is 4.79 Å². The topological polar surface area (TPSA) is 57.8 Å². The molecule has 0 saturated carbocycles. The molecule has 1 atom stereocenters. The molecule has 0 saturated heterocycles. The van der Waals surface area contributed by atoms with E-state index in [4.69, 9.17) is 11.6 Å². The lowest BCUT2D eigenvalue weighted by atomic mass is 10.1. The van der Waals surface area contributed by atoms with Gasteiger partial charge in [0.2, 0.25) is 5.91 Å². The summed E-state index contributed by atoms with van der Waals surface area (Å²) in [7, 11) is 0. The van der Waals surface area contributed by atoms with E-state index in [9.17, 15) is 4.79 Å². The number of nitrogens with zero attached hydrogens (tertiary/aromatic N) is 1. The summed E-state index contributed by atoms with van der Waals surface area (Å²) in [5.41, 5.74) is 3.70. The minimum atomic E-state index is -0.349. The maximum absolute atomic E-state index is 12.7. The number of imidazole rings is 1. The van der Waals surface area contributed by atoms with E-state index in [0.29, 0.717) is 10.8 Å². The highest BCUT2D eigenvalue weighted by Crippen LogP contribution is 2.22. The predicted molar refractivity (Wildman–Crippen MR) is 108 cm³/mol. The second kappa shape index (κ2) is 7.64. The van der Waals surface area contributed by atoms with Gasteiger partial charge in [-0.05, 0) is 35.4 Å². The molecule has 0 fully saturated rings. The smallest absolute Gasteiger partial charge is 0.225 e. The standard InChI is InChI=1S/C22H18ClN3O/c23-17-12-10-15(11-13-17)14-20(27)26-21(16-6-2-1-3-7-16)22-24-18-8-4-5-9-19(18)25-22/h1-13,21H,14H2,(H,24,25)(H,26,27). The predicted octanol–water partition coefficient (Wildman–Crippen LogP) is 4.66. The number of aromatic amines is 1. The van der Waals surface area contributed by atoms with E-state index in [-0.39, 0.29) is 18.4 Å². The Labute approximate surface area is 162 Å². The number of amides is 1. The van der Waals surface area contributed by atoms with Crippen molar-refractivity contribution in [1.82, 2.24) is 15.3 Å². The van der Waals surface area contributed by atoms with E-state index in [1.54, 1.807) is 12.1 Å². The van der Waals surface area contributed by atoms with Crippen molar-refractivity contribution in [2.45, 2.75) is 12.5 Å². The van der Waals surface area contributed by atoms with Crippen molar-refractivity contribution in [1.29, 1.82) is 0 Å². The van der Waals surface area contributed by atoms with E-state index in [1.807, 2.05) is 66.7 Å². The molecule has 0 spiro atoms. The maximum atomic E-state index is 12.7. The van der Waals surface area contributed by atoms with E-state index in [1.165, 1.54) is 0 Å². The van der Waals surface area contributed by atoms with Crippen molar-refractivity contribution in [2.75, 3.05) is 0 Å². The molecular weight excluding hydrogens is 358 g/mol. The SMILES string of the molecule is O=C(Cc1ccc(Cl)cc1)NC(c1ccccc1)c1nc2ccccc2[nH]1. The molecular formula is C22H18ClN3O. The van der Waals surface area contributed by atoms with Gasteiger partial charge in [0.15, 0.2) is 0 Å². The summed E-state index contributed by atoms with van der Waals surface area (Å²) >= 11 is 5.92. The fourth-order valence-corrected chi connectivity index (χ4v) is 3.19. The van der Waals surface area contributed by atoms with Crippen LogP contribution in [0.5, 0.6) is 0 Å². The van der Waals surface area contributed by atoms with Crippen molar-refractivity contribution >= 4 is 28.5 Å². The number of hydrogen-bond donors (Lipinski definition) is 2. The summed E-state index contributed by atoms with van der Waals surface area (Å²) in [6.45, 7) is 0. The van der Waals surface area contributed by atoms with Crippen molar-refractivity contribution in [3.63, 3.8) is 0 Å². The average molecular weight is 376 g/mol. The van der Waals surface area contributed by atoms with Crippen molar-refractivity contribution in [3.8, 4) is 0 Å². The Hall–Kier alpha value is -3.11. The van der Waals surface area contributed by atoms with Crippen LogP contribution in [-0.2, 0) is 11.2 Å². The monoisotopic (exact) mass is 375 g/mol. The number of rotatable bonds is 5. The first-order chi connectivity index (χ1) is 13.2. The molecule has 5 heteroatoms. The van der Waals surface area contributed by atoms with Gasteiger partial charge in [0, 0.05) is 5.02 Å². The number of benzene rings is 3. The molecule has 1 amide bonds. The lowest BCUT2D eigenvalue weighted by molar-refractivity contribution is -0.121.